The maximum absolute atomic E-state index is 11.9. The molecule has 0 amide bonds. The third-order valence-electron chi connectivity index (χ3n) is 1.66. The number of hydrogen-bond acceptors (Lipinski definition) is 2. The average molecular weight is 155 g/mol. The molecule has 0 aromatic carbocycles. The topological polar surface area (TPSA) is 32.3 Å². The zero-order valence-corrected chi connectivity index (χ0v) is 5.20. The van der Waals surface area contributed by atoms with E-state index in [1.807, 2.05) is 0 Å². The Bertz CT molecular complexity index is 127. The van der Waals surface area contributed by atoms with Gasteiger partial charge in [0.05, 0.1) is 0 Å². The Morgan fingerprint density at radius 3 is 2.20 bits per heavy atom. The first-order valence-corrected chi connectivity index (χ1v) is 2.95. The highest BCUT2D eigenvalue weighted by Crippen LogP contribution is 2.34. The molecule has 1 aliphatic heterocycles. The van der Waals surface area contributed by atoms with Gasteiger partial charge in [-0.25, -0.2) is 0 Å². The normalized spacial score (nSPS) is 34.8. The summed E-state index contributed by atoms with van der Waals surface area (Å²) in [4.78, 5) is 0. The first-order valence-electron chi connectivity index (χ1n) is 2.95. The molecule has 5 heteroatoms. The highest BCUT2D eigenvalue weighted by atomic mass is 19.4. The number of halogens is 3. The molecule has 0 aromatic heterocycles. The van der Waals surface area contributed by atoms with Gasteiger partial charge in [-0.05, 0) is 13.0 Å². The van der Waals surface area contributed by atoms with E-state index in [1.165, 1.54) is 0 Å². The van der Waals surface area contributed by atoms with Crippen molar-refractivity contribution in [2.75, 3.05) is 13.1 Å². The number of rotatable bonds is 0. The van der Waals surface area contributed by atoms with Crippen LogP contribution in [0, 0.1) is 0 Å². The molecule has 60 valence electrons. The van der Waals surface area contributed by atoms with E-state index in [-0.39, 0.29) is 19.5 Å². The molecule has 0 bridgehead atoms. The molecule has 1 unspecified atom stereocenters. The summed E-state index contributed by atoms with van der Waals surface area (Å²) in [5.41, 5.74) is -2.48. The Balaban J connectivity index is 2.67. The molecule has 0 spiro atoms. The predicted octanol–water partition coefficient (Wildman–Crippen LogP) is 0.273. The maximum Gasteiger partial charge on any atom is 0.418 e. The average Bonchev–Trinajstić information content (AvgIpc) is 2.13. The van der Waals surface area contributed by atoms with Crippen molar-refractivity contribution in [3.8, 4) is 0 Å². The van der Waals surface area contributed by atoms with Crippen molar-refractivity contribution >= 4 is 0 Å². The fourth-order valence-corrected chi connectivity index (χ4v) is 0.921. The SMILES string of the molecule is OC1(C(F)(F)F)CCNC1. The van der Waals surface area contributed by atoms with Gasteiger partial charge in [-0.1, -0.05) is 0 Å². The third-order valence-corrected chi connectivity index (χ3v) is 1.66. The van der Waals surface area contributed by atoms with Crippen molar-refractivity contribution in [1.29, 1.82) is 0 Å². The zero-order chi connectivity index (χ0) is 7.83. The van der Waals surface area contributed by atoms with Crippen molar-refractivity contribution in [2.24, 2.45) is 0 Å². The molecule has 1 fully saturated rings. The second-order valence-corrected chi connectivity index (χ2v) is 2.46. The van der Waals surface area contributed by atoms with E-state index in [0.29, 0.717) is 0 Å². The molecule has 0 aliphatic carbocycles. The van der Waals surface area contributed by atoms with E-state index in [2.05, 4.69) is 5.32 Å². The molecule has 1 saturated heterocycles. The monoisotopic (exact) mass is 155 g/mol. The van der Waals surface area contributed by atoms with Gasteiger partial charge in [0, 0.05) is 6.54 Å². The Morgan fingerprint density at radius 2 is 2.00 bits per heavy atom. The highest BCUT2D eigenvalue weighted by Gasteiger charge is 2.54. The summed E-state index contributed by atoms with van der Waals surface area (Å²) in [6.45, 7) is -0.146. The fourth-order valence-electron chi connectivity index (χ4n) is 0.921. The van der Waals surface area contributed by atoms with Crippen LogP contribution in [0.15, 0.2) is 0 Å². The minimum absolute atomic E-state index is 0.232. The lowest BCUT2D eigenvalue weighted by Gasteiger charge is -2.23. The number of aliphatic hydroxyl groups is 1. The van der Waals surface area contributed by atoms with Crippen LogP contribution in [-0.2, 0) is 0 Å². The zero-order valence-electron chi connectivity index (χ0n) is 5.20. The molecule has 0 saturated carbocycles. The minimum atomic E-state index is -4.49. The summed E-state index contributed by atoms with van der Waals surface area (Å²) in [5, 5.41) is 11.3. The molecule has 1 rings (SSSR count). The summed E-state index contributed by atoms with van der Waals surface area (Å²) >= 11 is 0. The van der Waals surface area contributed by atoms with E-state index in [0.717, 1.165) is 0 Å². The van der Waals surface area contributed by atoms with E-state index >= 15 is 0 Å². The van der Waals surface area contributed by atoms with Gasteiger partial charge in [0.15, 0.2) is 5.60 Å². The molecular weight excluding hydrogens is 147 g/mol. The lowest BCUT2D eigenvalue weighted by molar-refractivity contribution is -0.251. The van der Waals surface area contributed by atoms with Crippen LogP contribution in [0.5, 0.6) is 0 Å². The standard InChI is InChI=1S/C5H8F3NO/c6-5(7,8)4(10)1-2-9-3-4/h9-10H,1-3H2. The number of alkyl halides is 3. The van der Waals surface area contributed by atoms with Crippen LogP contribution < -0.4 is 5.32 Å². The Hall–Kier alpha value is -0.290. The van der Waals surface area contributed by atoms with Crippen LogP contribution in [0.1, 0.15) is 6.42 Å². The number of hydrogen-bond donors (Lipinski definition) is 2. The third kappa shape index (κ3) is 1.11. The van der Waals surface area contributed by atoms with E-state index in [4.69, 9.17) is 5.11 Å². The molecular formula is C5H8F3NO. The number of β-amino-alcohol motifs (C(OH)–C–C–N with tert-alkyl or cyclic N) is 1. The molecule has 2 N–H and O–H groups in total. The first kappa shape index (κ1) is 7.81. The lowest BCUT2D eigenvalue weighted by Crippen LogP contribution is -2.46. The fraction of sp³-hybridized carbons (Fsp3) is 1.00. The van der Waals surface area contributed by atoms with Gasteiger partial charge in [-0.15, -0.1) is 0 Å². The second kappa shape index (κ2) is 2.10. The largest absolute Gasteiger partial charge is 0.418 e. The van der Waals surface area contributed by atoms with Crippen LogP contribution in [-0.4, -0.2) is 30.0 Å². The maximum atomic E-state index is 11.9. The van der Waals surface area contributed by atoms with Crippen LogP contribution in [0.2, 0.25) is 0 Å². The van der Waals surface area contributed by atoms with Crippen molar-refractivity contribution < 1.29 is 18.3 Å². The Labute approximate surface area is 56.0 Å². The van der Waals surface area contributed by atoms with E-state index < -0.39 is 11.8 Å². The van der Waals surface area contributed by atoms with Gasteiger partial charge < -0.3 is 10.4 Å². The van der Waals surface area contributed by atoms with Gasteiger partial charge in [-0.3, -0.25) is 0 Å². The quantitative estimate of drug-likeness (QED) is 0.526. The van der Waals surface area contributed by atoms with Gasteiger partial charge in [0.2, 0.25) is 0 Å². The van der Waals surface area contributed by atoms with Crippen LogP contribution in [0.4, 0.5) is 13.2 Å². The molecule has 2 nitrogen and oxygen atoms in total. The second-order valence-electron chi connectivity index (χ2n) is 2.46. The van der Waals surface area contributed by atoms with Crippen LogP contribution in [0.3, 0.4) is 0 Å². The van der Waals surface area contributed by atoms with Gasteiger partial charge in [-0.2, -0.15) is 13.2 Å². The van der Waals surface area contributed by atoms with Crippen molar-refractivity contribution in [3.05, 3.63) is 0 Å². The molecule has 1 aliphatic rings. The molecule has 10 heavy (non-hydrogen) atoms. The Kier molecular flexibility index (Phi) is 1.64. The van der Waals surface area contributed by atoms with Gasteiger partial charge in [0.1, 0.15) is 0 Å². The summed E-state index contributed by atoms with van der Waals surface area (Å²) in [6, 6.07) is 0. The van der Waals surface area contributed by atoms with Gasteiger partial charge in [0.25, 0.3) is 0 Å². The lowest BCUT2D eigenvalue weighted by atomic mass is 10.0. The highest BCUT2D eigenvalue weighted by molar-refractivity contribution is 4.93. The van der Waals surface area contributed by atoms with Crippen molar-refractivity contribution in [3.63, 3.8) is 0 Å². The summed E-state index contributed by atoms with van der Waals surface area (Å²) in [7, 11) is 0. The molecule has 0 radical (unpaired) electrons. The van der Waals surface area contributed by atoms with Crippen molar-refractivity contribution in [1.82, 2.24) is 5.32 Å². The minimum Gasteiger partial charge on any atom is -0.379 e. The van der Waals surface area contributed by atoms with E-state index in [9.17, 15) is 13.2 Å². The molecule has 1 heterocycles. The summed E-state index contributed by atoms with van der Waals surface area (Å²) < 4.78 is 35.6. The van der Waals surface area contributed by atoms with Crippen molar-refractivity contribution in [2.45, 2.75) is 18.2 Å². The molecule has 1 atom stereocenters. The predicted molar refractivity (Wildman–Crippen MR) is 28.5 cm³/mol. The summed E-state index contributed by atoms with van der Waals surface area (Å²) in [5.74, 6) is 0. The molecule has 0 aromatic rings. The Morgan fingerprint density at radius 1 is 1.40 bits per heavy atom. The first-order chi connectivity index (χ1) is 4.46. The summed E-state index contributed by atoms with van der Waals surface area (Å²) in [6.07, 6.45) is -4.73. The van der Waals surface area contributed by atoms with E-state index in [1.54, 1.807) is 0 Å². The smallest absolute Gasteiger partial charge is 0.379 e. The van der Waals surface area contributed by atoms with Crippen LogP contribution >= 0.6 is 0 Å². The van der Waals surface area contributed by atoms with Gasteiger partial charge >= 0.3 is 6.18 Å². The van der Waals surface area contributed by atoms with Crippen LogP contribution in [0.25, 0.3) is 0 Å². The number of nitrogens with one attached hydrogen (secondary N) is 1.